The monoisotopic (exact) mass is 462 g/mol. The number of benzene rings is 1. The van der Waals surface area contributed by atoms with Crippen LogP contribution in [-0.2, 0) is 5.60 Å². The highest BCUT2D eigenvalue weighted by Crippen LogP contribution is 2.68. The smallest absolute Gasteiger partial charge is 0.0934 e. The normalized spacial score (nSPS) is 42.5. The van der Waals surface area contributed by atoms with Crippen molar-refractivity contribution in [2.24, 2.45) is 46.3 Å². The Kier molecular flexibility index (Phi) is 6.58. The quantitative estimate of drug-likeness (QED) is 0.418. The summed E-state index contributed by atoms with van der Waals surface area (Å²) in [6.45, 7) is 12.6. The van der Waals surface area contributed by atoms with Gasteiger partial charge in [0.2, 0.25) is 0 Å². The van der Waals surface area contributed by atoms with Crippen molar-refractivity contribution in [1.29, 1.82) is 0 Å². The van der Waals surface area contributed by atoms with E-state index in [-0.39, 0.29) is 0 Å². The Morgan fingerprint density at radius 3 is 2.41 bits per heavy atom. The van der Waals surface area contributed by atoms with Crippen molar-refractivity contribution in [1.82, 2.24) is 0 Å². The Hall–Kier alpha value is -1.08. The molecule has 1 heteroatoms. The standard InChI is InChI=1S/C33H50O/c1-23(2)10-9-11-24(3)28-16-17-29-27-15-14-26-22-33(34,25-12-7-6-8-13-25)21-20-31(26,4)30(27)18-19-32(28,29)5/h6-8,12-14,23-24,27-30,34H,9-11,15-22H2,1-5H3/t24-,27+,28-,29+,30+,31+,32-,33+/m1/s1. The molecule has 188 valence electrons. The molecule has 34 heavy (non-hydrogen) atoms. The second-order valence-corrected chi connectivity index (χ2v) is 13.9. The third-order valence-corrected chi connectivity index (χ3v) is 11.7. The van der Waals surface area contributed by atoms with E-state index in [9.17, 15) is 5.11 Å². The Morgan fingerprint density at radius 2 is 1.68 bits per heavy atom. The van der Waals surface area contributed by atoms with Gasteiger partial charge in [0.25, 0.3) is 0 Å². The predicted octanol–water partition coefficient (Wildman–Crippen LogP) is 8.92. The summed E-state index contributed by atoms with van der Waals surface area (Å²) in [5.74, 6) is 5.25. The highest BCUT2D eigenvalue weighted by atomic mass is 16.3. The van der Waals surface area contributed by atoms with E-state index in [1.54, 1.807) is 5.57 Å². The molecule has 1 N–H and O–H groups in total. The fraction of sp³-hybridized carbons (Fsp3) is 0.758. The number of allylic oxidation sites excluding steroid dienone is 1. The SMILES string of the molecule is CC(C)CCC[C@@H](C)[C@H]1CC[C@H]2[C@@H]3CC=C4C[C@](O)(c5ccccc5)CC[C@]4(C)[C@H]3CC[C@]12C. The lowest BCUT2D eigenvalue weighted by molar-refractivity contribution is -0.0767. The lowest BCUT2D eigenvalue weighted by Gasteiger charge is -2.59. The summed E-state index contributed by atoms with van der Waals surface area (Å²) in [5.41, 5.74) is 2.87. The van der Waals surface area contributed by atoms with Crippen LogP contribution < -0.4 is 0 Å². The molecule has 4 aliphatic rings. The third kappa shape index (κ3) is 4.03. The van der Waals surface area contributed by atoms with Gasteiger partial charge >= 0.3 is 0 Å². The first kappa shape index (κ1) is 24.6. The summed E-state index contributed by atoms with van der Waals surface area (Å²) in [4.78, 5) is 0. The van der Waals surface area contributed by atoms with Gasteiger partial charge in [0, 0.05) is 6.42 Å². The molecule has 0 saturated heterocycles. The van der Waals surface area contributed by atoms with E-state index in [0.29, 0.717) is 10.8 Å². The molecule has 3 saturated carbocycles. The van der Waals surface area contributed by atoms with Crippen molar-refractivity contribution >= 4 is 0 Å². The molecule has 0 spiro atoms. The topological polar surface area (TPSA) is 20.2 Å². The number of hydrogen-bond acceptors (Lipinski definition) is 1. The van der Waals surface area contributed by atoms with Crippen molar-refractivity contribution in [3.05, 3.63) is 47.5 Å². The van der Waals surface area contributed by atoms with E-state index in [0.717, 1.165) is 60.3 Å². The molecular formula is C33H50O. The van der Waals surface area contributed by atoms with Crippen molar-refractivity contribution < 1.29 is 5.11 Å². The summed E-state index contributed by atoms with van der Waals surface area (Å²) in [5, 5.41) is 11.6. The minimum absolute atomic E-state index is 0.298. The number of aliphatic hydroxyl groups is 1. The summed E-state index contributed by atoms with van der Waals surface area (Å²) >= 11 is 0. The van der Waals surface area contributed by atoms with Crippen LogP contribution in [0.5, 0.6) is 0 Å². The molecule has 0 heterocycles. The molecule has 0 aliphatic heterocycles. The van der Waals surface area contributed by atoms with E-state index >= 15 is 0 Å². The summed E-state index contributed by atoms with van der Waals surface area (Å²) in [6.07, 6.45) is 16.8. The van der Waals surface area contributed by atoms with Crippen LogP contribution in [0.25, 0.3) is 0 Å². The van der Waals surface area contributed by atoms with Gasteiger partial charge in [-0.05, 0) is 96.8 Å². The molecule has 0 bridgehead atoms. The molecule has 3 fully saturated rings. The van der Waals surface area contributed by atoms with Gasteiger partial charge in [0.1, 0.15) is 0 Å². The molecule has 0 aromatic heterocycles. The van der Waals surface area contributed by atoms with Gasteiger partial charge in [-0.2, -0.15) is 0 Å². The Labute approximate surface area is 209 Å². The molecule has 0 unspecified atom stereocenters. The Balaban J connectivity index is 1.33. The van der Waals surface area contributed by atoms with E-state index in [4.69, 9.17) is 0 Å². The maximum atomic E-state index is 11.6. The van der Waals surface area contributed by atoms with Crippen LogP contribution in [0.2, 0.25) is 0 Å². The number of rotatable bonds is 6. The van der Waals surface area contributed by atoms with Gasteiger partial charge in [0.05, 0.1) is 5.60 Å². The lowest BCUT2D eigenvalue weighted by Crippen LogP contribution is -2.52. The van der Waals surface area contributed by atoms with Gasteiger partial charge in [-0.25, -0.2) is 0 Å². The highest BCUT2D eigenvalue weighted by molar-refractivity contribution is 5.32. The minimum Gasteiger partial charge on any atom is -0.385 e. The molecule has 5 rings (SSSR count). The fourth-order valence-electron chi connectivity index (χ4n) is 9.67. The van der Waals surface area contributed by atoms with Crippen LogP contribution >= 0.6 is 0 Å². The van der Waals surface area contributed by atoms with Gasteiger partial charge in [-0.3, -0.25) is 0 Å². The van der Waals surface area contributed by atoms with E-state index < -0.39 is 5.60 Å². The largest absolute Gasteiger partial charge is 0.385 e. The average Bonchev–Trinajstić information content (AvgIpc) is 3.17. The fourth-order valence-corrected chi connectivity index (χ4v) is 9.67. The Bertz CT molecular complexity index is 885. The lowest BCUT2D eigenvalue weighted by atomic mass is 9.46. The van der Waals surface area contributed by atoms with Gasteiger partial charge < -0.3 is 5.11 Å². The third-order valence-electron chi connectivity index (χ3n) is 11.7. The number of hydrogen-bond donors (Lipinski definition) is 1. The molecule has 8 atom stereocenters. The maximum Gasteiger partial charge on any atom is 0.0934 e. The summed E-state index contributed by atoms with van der Waals surface area (Å²) < 4.78 is 0. The second kappa shape index (κ2) is 9.10. The molecule has 1 aromatic carbocycles. The van der Waals surface area contributed by atoms with Crippen molar-refractivity contribution in [2.75, 3.05) is 0 Å². The number of fused-ring (bicyclic) bond motifs is 5. The molecule has 4 aliphatic carbocycles. The summed E-state index contributed by atoms with van der Waals surface area (Å²) in [6, 6.07) is 10.5. The zero-order chi connectivity index (χ0) is 24.1. The minimum atomic E-state index is -0.674. The van der Waals surface area contributed by atoms with Crippen LogP contribution in [0, 0.1) is 46.3 Å². The predicted molar refractivity (Wildman–Crippen MR) is 143 cm³/mol. The first-order valence-corrected chi connectivity index (χ1v) is 14.6. The van der Waals surface area contributed by atoms with Crippen molar-refractivity contribution in [3.8, 4) is 0 Å². The average molecular weight is 463 g/mol. The zero-order valence-corrected chi connectivity index (χ0v) is 22.7. The van der Waals surface area contributed by atoms with Crippen LogP contribution in [-0.4, -0.2) is 5.11 Å². The molecule has 1 aromatic rings. The van der Waals surface area contributed by atoms with Crippen LogP contribution in [0.15, 0.2) is 42.0 Å². The highest BCUT2D eigenvalue weighted by Gasteiger charge is 2.60. The molecule has 1 nitrogen and oxygen atoms in total. The van der Waals surface area contributed by atoms with E-state index in [1.165, 1.54) is 51.4 Å². The van der Waals surface area contributed by atoms with E-state index in [2.05, 4.69) is 71.0 Å². The second-order valence-electron chi connectivity index (χ2n) is 13.9. The van der Waals surface area contributed by atoms with Crippen LogP contribution in [0.4, 0.5) is 0 Å². The van der Waals surface area contributed by atoms with Crippen LogP contribution in [0.1, 0.15) is 111 Å². The molecule has 0 amide bonds. The first-order valence-electron chi connectivity index (χ1n) is 14.6. The molecular weight excluding hydrogens is 412 g/mol. The van der Waals surface area contributed by atoms with Crippen molar-refractivity contribution in [3.63, 3.8) is 0 Å². The van der Waals surface area contributed by atoms with E-state index in [1.807, 2.05) is 0 Å². The summed E-state index contributed by atoms with van der Waals surface area (Å²) in [7, 11) is 0. The van der Waals surface area contributed by atoms with Gasteiger partial charge in [-0.15, -0.1) is 0 Å². The Morgan fingerprint density at radius 1 is 0.912 bits per heavy atom. The van der Waals surface area contributed by atoms with Crippen LogP contribution in [0.3, 0.4) is 0 Å². The van der Waals surface area contributed by atoms with Crippen molar-refractivity contribution in [2.45, 2.75) is 111 Å². The molecule has 0 radical (unpaired) electrons. The van der Waals surface area contributed by atoms with Gasteiger partial charge in [0.15, 0.2) is 0 Å². The zero-order valence-electron chi connectivity index (χ0n) is 22.7. The first-order chi connectivity index (χ1) is 16.2. The maximum absolute atomic E-state index is 11.6. The van der Waals surface area contributed by atoms with Gasteiger partial charge in [-0.1, -0.05) is 95.9 Å².